The number of rotatable bonds is 4. The van der Waals surface area contributed by atoms with Crippen molar-refractivity contribution < 1.29 is 13.2 Å². The van der Waals surface area contributed by atoms with E-state index >= 15 is 0 Å². The van der Waals surface area contributed by atoms with Crippen molar-refractivity contribution >= 4 is 33.0 Å². The molecule has 2 aliphatic rings. The molecule has 0 radical (unpaired) electrons. The minimum atomic E-state index is -3.76. The van der Waals surface area contributed by atoms with Crippen molar-refractivity contribution in [2.75, 3.05) is 5.01 Å². The Hall–Kier alpha value is -2.87. The molecule has 2 heterocycles. The van der Waals surface area contributed by atoms with Gasteiger partial charge in [-0.05, 0) is 78.9 Å². The van der Waals surface area contributed by atoms with Crippen molar-refractivity contribution in [3.63, 3.8) is 0 Å². The third-order valence-electron chi connectivity index (χ3n) is 6.24. The second-order valence-electron chi connectivity index (χ2n) is 8.47. The first-order valence-electron chi connectivity index (χ1n) is 10.8. The maximum atomic E-state index is 11.7. The number of primary sulfonamides is 1. The number of nitrogens with zero attached hydrogens (tertiary/aromatic N) is 2. The van der Waals surface area contributed by atoms with E-state index in [-0.39, 0.29) is 17.0 Å². The number of nitrogens with two attached hydrogens (primary N) is 1. The van der Waals surface area contributed by atoms with E-state index in [0.717, 1.165) is 46.1 Å². The third kappa shape index (κ3) is 4.36. The summed E-state index contributed by atoms with van der Waals surface area (Å²) in [7, 11) is -3.76. The summed E-state index contributed by atoms with van der Waals surface area (Å²) in [6, 6.07) is 20.5. The normalized spacial score (nSPS) is 20.2. The molecule has 33 heavy (non-hydrogen) atoms. The predicted octanol–water partition coefficient (Wildman–Crippen LogP) is 4.67. The molecule has 0 aliphatic carbocycles. The summed E-state index contributed by atoms with van der Waals surface area (Å²) in [4.78, 5) is 0.0716. The van der Waals surface area contributed by atoms with Gasteiger partial charge in [0.15, 0.2) is 0 Å². The Morgan fingerprint density at radius 2 is 1.85 bits per heavy atom. The summed E-state index contributed by atoms with van der Waals surface area (Å²) in [5.41, 5.74) is 4.95. The molecule has 0 saturated carbocycles. The molecule has 2 unspecified atom stereocenters. The summed E-state index contributed by atoms with van der Waals surface area (Å²) < 4.78 is 29.8. The van der Waals surface area contributed by atoms with Crippen molar-refractivity contribution in [3.05, 3.63) is 88.4 Å². The number of halogens is 1. The van der Waals surface area contributed by atoms with Gasteiger partial charge in [-0.3, -0.25) is 5.01 Å². The topological polar surface area (TPSA) is 85.0 Å². The van der Waals surface area contributed by atoms with Crippen LogP contribution in [0.3, 0.4) is 0 Å². The van der Waals surface area contributed by atoms with Gasteiger partial charge in [0, 0.05) is 11.4 Å². The van der Waals surface area contributed by atoms with Crippen LogP contribution in [0.25, 0.3) is 0 Å². The zero-order valence-electron chi connectivity index (χ0n) is 18.1. The van der Waals surface area contributed by atoms with E-state index < -0.39 is 10.0 Å². The van der Waals surface area contributed by atoms with Gasteiger partial charge in [0.25, 0.3) is 0 Å². The lowest BCUT2D eigenvalue weighted by Crippen LogP contribution is -2.43. The number of aryl methyl sites for hydroxylation is 2. The highest BCUT2D eigenvalue weighted by Crippen LogP contribution is 2.36. The number of anilines is 1. The zero-order valence-corrected chi connectivity index (χ0v) is 19.7. The number of hydrogen-bond acceptors (Lipinski definition) is 5. The molecular formula is C25H24ClN3O3S. The number of hydrazone groups is 1. The Balaban J connectivity index is 1.51. The van der Waals surface area contributed by atoms with Crippen molar-refractivity contribution in [3.8, 4) is 5.75 Å². The minimum Gasteiger partial charge on any atom is -0.488 e. The van der Waals surface area contributed by atoms with E-state index in [4.69, 9.17) is 26.6 Å². The molecule has 6 nitrogen and oxygen atoms in total. The van der Waals surface area contributed by atoms with Crippen molar-refractivity contribution in [2.45, 2.75) is 43.2 Å². The van der Waals surface area contributed by atoms with E-state index in [1.165, 1.54) is 17.7 Å². The van der Waals surface area contributed by atoms with E-state index in [1.807, 2.05) is 48.3 Å². The molecule has 5 rings (SSSR count). The lowest BCUT2D eigenvalue weighted by molar-refractivity contribution is 0.146. The fraction of sp³-hybridized carbons (Fsp3) is 0.240. The molecule has 0 bridgehead atoms. The minimum absolute atomic E-state index is 0.0373. The van der Waals surface area contributed by atoms with Crippen LogP contribution in [0.1, 0.15) is 29.5 Å². The highest BCUT2D eigenvalue weighted by atomic mass is 35.5. The van der Waals surface area contributed by atoms with Gasteiger partial charge < -0.3 is 4.74 Å². The number of ether oxygens (including phenoxy) is 1. The quantitative estimate of drug-likeness (QED) is 0.586. The van der Waals surface area contributed by atoms with E-state index in [0.29, 0.717) is 6.42 Å². The Labute approximate surface area is 198 Å². The van der Waals surface area contributed by atoms with E-state index in [1.54, 1.807) is 12.1 Å². The molecule has 3 aromatic carbocycles. The molecule has 2 aliphatic heterocycles. The van der Waals surface area contributed by atoms with Crippen LogP contribution < -0.4 is 14.9 Å². The molecule has 8 heteroatoms. The maximum absolute atomic E-state index is 11.7. The fourth-order valence-corrected chi connectivity index (χ4v) is 5.11. The molecule has 0 fully saturated rings. The van der Waals surface area contributed by atoms with Crippen LogP contribution in [0.4, 0.5) is 5.69 Å². The Morgan fingerprint density at radius 1 is 1.09 bits per heavy atom. The standard InChI is InChI=1S/C25H24ClN3O3S/c1-16-14-18(6-12-21(16)26)22-15-23(25-13-7-17-4-2-3-5-24(17)32-25)29(28-22)19-8-10-20(11-9-19)33(27,30)31/h2-6,8-12,14,23,25H,7,13,15H2,1H3,(H2,27,30,31). The van der Waals surface area contributed by atoms with Gasteiger partial charge in [-0.25, -0.2) is 13.6 Å². The maximum Gasteiger partial charge on any atom is 0.238 e. The Kier molecular flexibility index (Phi) is 5.64. The van der Waals surface area contributed by atoms with Crippen LogP contribution in [-0.4, -0.2) is 26.3 Å². The number of hydrogen-bond donors (Lipinski definition) is 1. The molecule has 2 N–H and O–H groups in total. The van der Waals surface area contributed by atoms with Crippen LogP contribution in [0.5, 0.6) is 5.75 Å². The van der Waals surface area contributed by atoms with Crippen LogP contribution >= 0.6 is 11.6 Å². The van der Waals surface area contributed by atoms with Crippen molar-refractivity contribution in [2.24, 2.45) is 10.2 Å². The fourth-order valence-electron chi connectivity index (χ4n) is 4.47. The lowest BCUT2D eigenvalue weighted by atomic mass is 9.93. The lowest BCUT2D eigenvalue weighted by Gasteiger charge is -2.34. The number of fused-ring (bicyclic) bond motifs is 1. The van der Waals surface area contributed by atoms with E-state index in [2.05, 4.69) is 6.07 Å². The van der Waals surface area contributed by atoms with E-state index in [9.17, 15) is 8.42 Å². The average molecular weight is 482 g/mol. The van der Waals surface area contributed by atoms with Crippen molar-refractivity contribution in [1.29, 1.82) is 0 Å². The highest BCUT2D eigenvalue weighted by molar-refractivity contribution is 7.89. The summed E-state index contributed by atoms with van der Waals surface area (Å²) in [5.74, 6) is 0.911. The predicted molar refractivity (Wildman–Crippen MR) is 131 cm³/mol. The molecule has 170 valence electrons. The zero-order chi connectivity index (χ0) is 23.2. The second kappa shape index (κ2) is 8.48. The molecule has 2 atom stereocenters. The van der Waals surface area contributed by atoms with Gasteiger partial charge in [-0.15, -0.1) is 0 Å². The molecule has 0 saturated heterocycles. The van der Waals surface area contributed by atoms with Gasteiger partial charge in [0.2, 0.25) is 10.0 Å². The first kappa shape index (κ1) is 21.9. The third-order valence-corrected chi connectivity index (χ3v) is 7.60. The van der Waals surface area contributed by atoms with Gasteiger partial charge >= 0.3 is 0 Å². The van der Waals surface area contributed by atoms with Gasteiger partial charge in [0.05, 0.1) is 22.3 Å². The SMILES string of the molecule is Cc1cc(C2=NN(c3ccc(S(N)(=O)=O)cc3)C(C3CCc4ccccc4O3)C2)ccc1Cl. The smallest absolute Gasteiger partial charge is 0.238 e. The Morgan fingerprint density at radius 3 is 2.58 bits per heavy atom. The van der Waals surface area contributed by atoms with Crippen LogP contribution in [0.2, 0.25) is 5.02 Å². The molecule has 0 amide bonds. The summed E-state index contributed by atoms with van der Waals surface area (Å²) in [5, 5.41) is 12.9. The van der Waals surface area contributed by atoms with Crippen molar-refractivity contribution in [1.82, 2.24) is 0 Å². The number of sulfonamides is 1. The van der Waals surface area contributed by atoms with Crippen LogP contribution in [0, 0.1) is 6.92 Å². The average Bonchev–Trinajstić information content (AvgIpc) is 3.25. The summed E-state index contributed by atoms with van der Waals surface area (Å²) in [6.07, 6.45) is 2.44. The molecule has 0 aromatic heterocycles. The van der Waals surface area contributed by atoms with Gasteiger partial charge in [-0.2, -0.15) is 5.10 Å². The molecule has 3 aromatic rings. The highest BCUT2D eigenvalue weighted by Gasteiger charge is 2.38. The molecular weight excluding hydrogens is 458 g/mol. The second-order valence-corrected chi connectivity index (χ2v) is 10.4. The van der Waals surface area contributed by atoms with Crippen LogP contribution in [0.15, 0.2) is 76.7 Å². The van der Waals surface area contributed by atoms with Gasteiger partial charge in [0.1, 0.15) is 11.9 Å². The summed E-state index contributed by atoms with van der Waals surface area (Å²) >= 11 is 6.23. The first-order chi connectivity index (χ1) is 15.8. The Bertz CT molecular complexity index is 1340. The summed E-state index contributed by atoms with van der Waals surface area (Å²) in [6.45, 7) is 1.98. The van der Waals surface area contributed by atoms with Crippen LogP contribution in [-0.2, 0) is 16.4 Å². The monoisotopic (exact) mass is 481 g/mol. The van der Waals surface area contributed by atoms with Gasteiger partial charge in [-0.1, -0.05) is 35.9 Å². The molecule has 0 spiro atoms. The largest absolute Gasteiger partial charge is 0.488 e. The number of benzene rings is 3. The first-order valence-corrected chi connectivity index (χ1v) is 12.7. The number of para-hydroxylation sites is 1.